The number of rotatable bonds is 4. The van der Waals surface area contributed by atoms with E-state index >= 15 is 0 Å². The van der Waals surface area contributed by atoms with Gasteiger partial charge in [-0.05, 0) is 32.0 Å². The van der Waals surface area contributed by atoms with Gasteiger partial charge in [-0.25, -0.2) is 0 Å². The van der Waals surface area contributed by atoms with Crippen LogP contribution in [0.2, 0.25) is 10.0 Å². The number of aliphatic hydroxyl groups excluding tert-OH is 1. The predicted molar refractivity (Wildman–Crippen MR) is 82.7 cm³/mol. The maximum atomic E-state index is 10.5. The van der Waals surface area contributed by atoms with E-state index in [1.165, 1.54) is 0 Å². The minimum Gasteiger partial charge on any atom is -0.491 e. The second-order valence-corrected chi connectivity index (χ2v) is 5.62. The zero-order valence-electron chi connectivity index (χ0n) is 11.3. The summed E-state index contributed by atoms with van der Waals surface area (Å²) in [7, 11) is 0. The fraction of sp³-hybridized carbons (Fsp3) is 0.250. The molecule has 0 aliphatic carbocycles. The van der Waals surface area contributed by atoms with E-state index in [-0.39, 0.29) is 6.10 Å². The predicted octanol–water partition coefficient (Wildman–Crippen LogP) is 4.86. The maximum Gasteiger partial charge on any atom is 0.125 e. The molecule has 0 aliphatic rings. The van der Waals surface area contributed by atoms with Crippen LogP contribution in [-0.4, -0.2) is 11.2 Å². The van der Waals surface area contributed by atoms with Crippen molar-refractivity contribution in [2.75, 3.05) is 0 Å². The summed E-state index contributed by atoms with van der Waals surface area (Å²) in [5.41, 5.74) is 1.29. The number of halogens is 2. The third kappa shape index (κ3) is 3.45. The normalized spacial score (nSPS) is 12.5. The van der Waals surface area contributed by atoms with Crippen molar-refractivity contribution < 1.29 is 9.84 Å². The maximum absolute atomic E-state index is 10.5. The molecule has 1 N–H and O–H groups in total. The Bertz CT molecular complexity index is 597. The van der Waals surface area contributed by atoms with Crippen LogP contribution in [0.1, 0.15) is 31.1 Å². The average molecular weight is 311 g/mol. The number of benzene rings is 2. The Morgan fingerprint density at radius 1 is 1.00 bits per heavy atom. The summed E-state index contributed by atoms with van der Waals surface area (Å²) in [4.78, 5) is 0. The fourth-order valence-electron chi connectivity index (χ4n) is 1.96. The molecule has 0 saturated carbocycles. The molecule has 0 aliphatic heterocycles. The number of hydrogen-bond donors (Lipinski definition) is 1. The Labute approximate surface area is 128 Å². The molecule has 0 bridgehead atoms. The molecule has 4 heteroatoms. The lowest BCUT2D eigenvalue weighted by molar-refractivity contribution is 0.198. The van der Waals surface area contributed by atoms with Crippen LogP contribution >= 0.6 is 23.2 Å². The van der Waals surface area contributed by atoms with Crippen LogP contribution in [0.3, 0.4) is 0 Å². The lowest BCUT2D eigenvalue weighted by Gasteiger charge is -2.19. The van der Waals surface area contributed by atoms with Gasteiger partial charge in [0.1, 0.15) is 11.9 Å². The standard InChI is InChI=1S/C16H16Cl2O2/c1-10(2)20-15-6-4-3-5-13(15)16(19)12-8-7-11(17)9-14(12)18/h3-10,16,19H,1-2H3. The Kier molecular flexibility index (Phi) is 4.92. The lowest BCUT2D eigenvalue weighted by atomic mass is 10.0. The Hall–Kier alpha value is -1.22. The Morgan fingerprint density at radius 2 is 1.70 bits per heavy atom. The van der Waals surface area contributed by atoms with Gasteiger partial charge < -0.3 is 9.84 Å². The summed E-state index contributed by atoms with van der Waals surface area (Å²) in [6.07, 6.45) is -0.821. The van der Waals surface area contributed by atoms with E-state index in [9.17, 15) is 5.11 Å². The van der Waals surface area contributed by atoms with E-state index in [1.807, 2.05) is 38.1 Å². The molecule has 0 fully saturated rings. The van der Waals surface area contributed by atoms with Gasteiger partial charge in [0.05, 0.1) is 6.10 Å². The van der Waals surface area contributed by atoms with E-state index in [4.69, 9.17) is 27.9 Å². The second-order valence-electron chi connectivity index (χ2n) is 4.77. The van der Waals surface area contributed by atoms with Crippen molar-refractivity contribution in [3.05, 3.63) is 63.6 Å². The Morgan fingerprint density at radius 3 is 2.35 bits per heavy atom. The average Bonchev–Trinajstić information content (AvgIpc) is 2.38. The summed E-state index contributed by atoms with van der Waals surface area (Å²) in [6, 6.07) is 12.4. The number of ether oxygens (including phenoxy) is 1. The fourth-order valence-corrected chi connectivity index (χ4v) is 2.47. The van der Waals surface area contributed by atoms with E-state index < -0.39 is 6.10 Å². The SMILES string of the molecule is CC(C)Oc1ccccc1C(O)c1ccc(Cl)cc1Cl. The molecule has 0 spiro atoms. The summed E-state index contributed by atoms with van der Waals surface area (Å²) < 4.78 is 5.72. The smallest absolute Gasteiger partial charge is 0.125 e. The summed E-state index contributed by atoms with van der Waals surface area (Å²) in [5.74, 6) is 0.654. The largest absolute Gasteiger partial charge is 0.491 e. The second kappa shape index (κ2) is 6.49. The first-order chi connectivity index (χ1) is 9.49. The van der Waals surface area contributed by atoms with Crippen molar-refractivity contribution >= 4 is 23.2 Å². The van der Waals surface area contributed by atoms with Crippen LogP contribution in [0.4, 0.5) is 0 Å². The van der Waals surface area contributed by atoms with Crippen LogP contribution in [0.15, 0.2) is 42.5 Å². The molecule has 0 radical (unpaired) electrons. The highest BCUT2D eigenvalue weighted by atomic mass is 35.5. The number of aliphatic hydroxyl groups is 1. The highest BCUT2D eigenvalue weighted by Gasteiger charge is 2.18. The van der Waals surface area contributed by atoms with Crippen molar-refractivity contribution in [2.45, 2.75) is 26.1 Å². The molecule has 2 aromatic carbocycles. The highest BCUT2D eigenvalue weighted by molar-refractivity contribution is 6.35. The molecule has 20 heavy (non-hydrogen) atoms. The van der Waals surface area contributed by atoms with Crippen molar-refractivity contribution in [1.82, 2.24) is 0 Å². The van der Waals surface area contributed by atoms with E-state index in [0.717, 1.165) is 0 Å². The third-order valence-corrected chi connectivity index (χ3v) is 3.40. The van der Waals surface area contributed by atoms with Gasteiger partial charge in [0.15, 0.2) is 0 Å². The van der Waals surface area contributed by atoms with Crippen LogP contribution in [0.25, 0.3) is 0 Å². The zero-order chi connectivity index (χ0) is 14.7. The van der Waals surface area contributed by atoms with Crippen molar-refractivity contribution in [2.24, 2.45) is 0 Å². The Balaban J connectivity index is 2.40. The summed E-state index contributed by atoms with van der Waals surface area (Å²) in [6.45, 7) is 3.89. The minimum absolute atomic E-state index is 0.0315. The molecule has 106 valence electrons. The van der Waals surface area contributed by atoms with Crippen LogP contribution in [0, 0.1) is 0 Å². The van der Waals surface area contributed by atoms with Gasteiger partial charge in [0.2, 0.25) is 0 Å². The third-order valence-electron chi connectivity index (χ3n) is 2.83. The van der Waals surface area contributed by atoms with Gasteiger partial charge in [-0.2, -0.15) is 0 Å². The summed E-state index contributed by atoms with van der Waals surface area (Å²) >= 11 is 12.0. The molecular formula is C16H16Cl2O2. The first-order valence-electron chi connectivity index (χ1n) is 6.37. The molecule has 2 aromatic rings. The minimum atomic E-state index is -0.852. The molecule has 0 saturated heterocycles. The van der Waals surface area contributed by atoms with E-state index in [0.29, 0.717) is 26.9 Å². The highest BCUT2D eigenvalue weighted by Crippen LogP contribution is 2.34. The molecule has 0 amide bonds. The molecule has 1 unspecified atom stereocenters. The first kappa shape index (κ1) is 15.2. The molecule has 2 nitrogen and oxygen atoms in total. The van der Waals surface area contributed by atoms with Crippen LogP contribution in [-0.2, 0) is 0 Å². The van der Waals surface area contributed by atoms with Gasteiger partial charge in [-0.3, -0.25) is 0 Å². The van der Waals surface area contributed by atoms with E-state index in [1.54, 1.807) is 18.2 Å². The molecule has 0 heterocycles. The van der Waals surface area contributed by atoms with Gasteiger partial charge in [0.25, 0.3) is 0 Å². The first-order valence-corrected chi connectivity index (χ1v) is 7.13. The van der Waals surface area contributed by atoms with Gasteiger partial charge >= 0.3 is 0 Å². The topological polar surface area (TPSA) is 29.5 Å². The molecule has 0 aromatic heterocycles. The van der Waals surface area contributed by atoms with Gasteiger partial charge in [-0.15, -0.1) is 0 Å². The van der Waals surface area contributed by atoms with Gasteiger partial charge in [0, 0.05) is 21.2 Å². The quantitative estimate of drug-likeness (QED) is 0.873. The summed E-state index contributed by atoms with van der Waals surface area (Å²) in [5, 5.41) is 11.5. The van der Waals surface area contributed by atoms with Crippen LogP contribution in [0.5, 0.6) is 5.75 Å². The van der Waals surface area contributed by atoms with Crippen molar-refractivity contribution in [3.63, 3.8) is 0 Å². The van der Waals surface area contributed by atoms with E-state index in [2.05, 4.69) is 0 Å². The number of hydrogen-bond acceptors (Lipinski definition) is 2. The lowest BCUT2D eigenvalue weighted by Crippen LogP contribution is -2.10. The van der Waals surface area contributed by atoms with Crippen molar-refractivity contribution in [1.29, 1.82) is 0 Å². The van der Waals surface area contributed by atoms with Gasteiger partial charge in [-0.1, -0.05) is 47.5 Å². The molecular weight excluding hydrogens is 295 g/mol. The zero-order valence-corrected chi connectivity index (χ0v) is 12.8. The molecule has 2 rings (SSSR count). The van der Waals surface area contributed by atoms with Crippen molar-refractivity contribution in [3.8, 4) is 5.75 Å². The number of para-hydroxylation sites is 1. The molecule has 1 atom stereocenters. The van der Waals surface area contributed by atoms with Crippen LogP contribution < -0.4 is 4.74 Å². The monoisotopic (exact) mass is 310 g/mol.